The number of nitrogens with zero attached hydrogens (tertiary/aromatic N) is 5. The van der Waals surface area contributed by atoms with Crippen LogP contribution in [0.4, 0.5) is 5.13 Å². The highest BCUT2D eigenvalue weighted by Gasteiger charge is 2.29. The van der Waals surface area contributed by atoms with Crippen LogP contribution in [-0.4, -0.2) is 59.3 Å². The zero-order chi connectivity index (χ0) is 19.9. The molecule has 0 atom stereocenters. The highest BCUT2D eigenvalue weighted by atomic mass is 35.5. The summed E-state index contributed by atoms with van der Waals surface area (Å²) in [6.07, 6.45) is 3.52. The lowest BCUT2D eigenvalue weighted by molar-refractivity contribution is 0.312. The van der Waals surface area contributed by atoms with Gasteiger partial charge in [0.1, 0.15) is 0 Å². The molecule has 1 aromatic carbocycles. The van der Waals surface area contributed by atoms with Gasteiger partial charge in [0.15, 0.2) is 0 Å². The molecule has 3 aromatic rings. The third-order valence-electron chi connectivity index (χ3n) is 5.23. The molecule has 28 heavy (non-hydrogen) atoms. The van der Waals surface area contributed by atoms with Crippen molar-refractivity contribution in [2.24, 2.45) is 0 Å². The van der Waals surface area contributed by atoms with Gasteiger partial charge in [-0.1, -0.05) is 35.1 Å². The first-order valence-electron chi connectivity index (χ1n) is 9.20. The van der Waals surface area contributed by atoms with E-state index in [9.17, 15) is 8.42 Å². The minimum atomic E-state index is -3.15. The number of fused-ring (bicyclic) bond motifs is 1. The van der Waals surface area contributed by atoms with E-state index >= 15 is 0 Å². The number of sulfonamides is 1. The van der Waals surface area contributed by atoms with E-state index in [-0.39, 0.29) is 11.8 Å². The van der Waals surface area contributed by atoms with E-state index in [2.05, 4.69) is 15.0 Å². The molecule has 150 valence electrons. The smallest absolute Gasteiger partial charge is 0.214 e. The minimum absolute atomic E-state index is 0.0572. The van der Waals surface area contributed by atoms with Gasteiger partial charge >= 0.3 is 0 Å². The Morgan fingerprint density at radius 1 is 1.25 bits per heavy atom. The summed E-state index contributed by atoms with van der Waals surface area (Å²) in [7, 11) is -1.46. The molecule has 0 radical (unpaired) electrons. The molecule has 0 saturated carbocycles. The minimum Gasteiger partial charge on any atom is -0.347 e. The Labute approximate surface area is 173 Å². The van der Waals surface area contributed by atoms with Gasteiger partial charge in [0, 0.05) is 36.8 Å². The second-order valence-electron chi connectivity index (χ2n) is 6.88. The van der Waals surface area contributed by atoms with Crippen LogP contribution in [0.3, 0.4) is 0 Å². The van der Waals surface area contributed by atoms with E-state index in [1.54, 1.807) is 25.3 Å². The van der Waals surface area contributed by atoms with Gasteiger partial charge in [-0.15, -0.1) is 5.10 Å². The Bertz CT molecular complexity index is 1040. The molecule has 10 heteroatoms. The van der Waals surface area contributed by atoms with E-state index in [1.807, 2.05) is 35.0 Å². The van der Waals surface area contributed by atoms with Crippen LogP contribution >= 0.6 is 22.9 Å². The average Bonchev–Trinajstić information content (AvgIpc) is 3.27. The van der Waals surface area contributed by atoms with Gasteiger partial charge in [-0.25, -0.2) is 22.2 Å². The summed E-state index contributed by atoms with van der Waals surface area (Å²) in [6.45, 7) is 3.26. The van der Waals surface area contributed by atoms with Gasteiger partial charge < -0.3 is 4.90 Å². The molecule has 0 bridgehead atoms. The number of benzene rings is 1. The van der Waals surface area contributed by atoms with Crippen molar-refractivity contribution in [3.05, 3.63) is 35.5 Å². The second kappa shape index (κ2) is 7.62. The quantitative estimate of drug-likeness (QED) is 0.609. The first-order valence-corrected chi connectivity index (χ1v) is 12.0. The van der Waals surface area contributed by atoms with Gasteiger partial charge in [0.25, 0.3) is 0 Å². The fourth-order valence-electron chi connectivity index (χ4n) is 3.43. The van der Waals surface area contributed by atoms with Crippen LogP contribution in [-0.2, 0) is 10.0 Å². The van der Waals surface area contributed by atoms with E-state index < -0.39 is 10.0 Å². The van der Waals surface area contributed by atoms with E-state index in [0.29, 0.717) is 5.02 Å². The summed E-state index contributed by atoms with van der Waals surface area (Å²) in [5, 5.41) is 6.30. The molecule has 0 spiro atoms. The fourth-order valence-corrected chi connectivity index (χ4v) is 5.56. The van der Waals surface area contributed by atoms with Gasteiger partial charge in [0.05, 0.1) is 17.6 Å². The third kappa shape index (κ3) is 3.76. The number of hydrogen-bond donors (Lipinski definition) is 0. The van der Waals surface area contributed by atoms with Gasteiger partial charge in [-0.3, -0.25) is 0 Å². The summed E-state index contributed by atoms with van der Waals surface area (Å²) < 4.78 is 27.5. The number of imidazole rings is 1. The van der Waals surface area contributed by atoms with Crippen molar-refractivity contribution in [3.8, 4) is 11.3 Å². The maximum Gasteiger partial charge on any atom is 0.214 e. The molecule has 2 aromatic heterocycles. The van der Waals surface area contributed by atoms with E-state index in [0.717, 1.165) is 47.3 Å². The van der Waals surface area contributed by atoms with Gasteiger partial charge in [-0.2, -0.15) is 0 Å². The van der Waals surface area contributed by atoms with Crippen LogP contribution in [0.25, 0.3) is 16.2 Å². The van der Waals surface area contributed by atoms with Crippen LogP contribution in [0.5, 0.6) is 0 Å². The van der Waals surface area contributed by atoms with Crippen LogP contribution in [0.2, 0.25) is 5.02 Å². The summed E-state index contributed by atoms with van der Waals surface area (Å²) in [5.41, 5.74) is 1.87. The first-order chi connectivity index (χ1) is 13.4. The topological polar surface area (TPSA) is 70.8 Å². The van der Waals surface area contributed by atoms with Crippen molar-refractivity contribution in [3.63, 3.8) is 0 Å². The van der Waals surface area contributed by atoms with Crippen LogP contribution in [0.1, 0.15) is 19.8 Å². The zero-order valence-electron chi connectivity index (χ0n) is 15.7. The maximum atomic E-state index is 12.1. The van der Waals surface area contributed by atoms with Crippen LogP contribution < -0.4 is 4.90 Å². The number of halogens is 1. The van der Waals surface area contributed by atoms with E-state index in [4.69, 9.17) is 11.6 Å². The lowest BCUT2D eigenvalue weighted by Crippen LogP contribution is -2.46. The van der Waals surface area contributed by atoms with Gasteiger partial charge in [0.2, 0.25) is 20.1 Å². The van der Waals surface area contributed by atoms with Crippen LogP contribution in [0.15, 0.2) is 30.5 Å². The highest BCUT2D eigenvalue weighted by molar-refractivity contribution is 7.89. The van der Waals surface area contributed by atoms with Crippen molar-refractivity contribution in [2.75, 3.05) is 30.8 Å². The van der Waals surface area contributed by atoms with Gasteiger partial charge in [-0.05, 0) is 31.9 Å². The summed E-state index contributed by atoms with van der Waals surface area (Å²) >= 11 is 7.50. The normalized spacial score (nSPS) is 16.4. The molecule has 0 unspecified atom stereocenters. The molecule has 4 rings (SSSR count). The standard InChI is InChI=1S/C18H22ClN5O2S2/c1-3-28(25,26)22(2)15-8-10-23(11-9-15)18-21-24-12-16(20-17(24)27-18)13-4-6-14(19)7-5-13/h4-7,12,15H,3,8-11H2,1-2H3. The molecule has 1 aliphatic heterocycles. The fraction of sp³-hybridized carbons (Fsp3) is 0.444. The van der Waals surface area contributed by atoms with Crippen molar-refractivity contribution < 1.29 is 8.42 Å². The maximum absolute atomic E-state index is 12.1. The summed E-state index contributed by atoms with van der Waals surface area (Å²) in [6, 6.07) is 7.65. The molecule has 0 amide bonds. The molecule has 0 N–H and O–H groups in total. The van der Waals surface area contributed by atoms with Crippen molar-refractivity contribution >= 4 is 43.1 Å². The molecular formula is C18H22ClN5O2S2. The number of aromatic nitrogens is 3. The Balaban J connectivity index is 1.46. The largest absolute Gasteiger partial charge is 0.347 e. The zero-order valence-corrected chi connectivity index (χ0v) is 18.1. The Morgan fingerprint density at radius 3 is 2.54 bits per heavy atom. The van der Waals surface area contributed by atoms with Crippen molar-refractivity contribution in [1.82, 2.24) is 18.9 Å². The number of rotatable bonds is 5. The SMILES string of the molecule is CCS(=O)(=O)N(C)C1CCN(c2nn3cc(-c4ccc(Cl)cc4)nc3s2)CC1. The Hall–Kier alpha value is -1.68. The number of hydrogen-bond acceptors (Lipinski definition) is 6. The summed E-state index contributed by atoms with van der Waals surface area (Å²) in [5.74, 6) is 0.142. The second-order valence-corrected chi connectivity index (χ2v) is 10.6. The van der Waals surface area contributed by atoms with E-state index in [1.165, 1.54) is 4.31 Å². The molecule has 1 fully saturated rings. The van der Waals surface area contributed by atoms with Crippen molar-refractivity contribution in [1.29, 1.82) is 0 Å². The highest BCUT2D eigenvalue weighted by Crippen LogP contribution is 2.30. The monoisotopic (exact) mass is 439 g/mol. The molecule has 7 nitrogen and oxygen atoms in total. The predicted octanol–water partition coefficient (Wildman–Crippen LogP) is 3.36. The number of anilines is 1. The Kier molecular flexibility index (Phi) is 5.34. The molecule has 1 saturated heterocycles. The van der Waals surface area contributed by atoms with Crippen molar-refractivity contribution in [2.45, 2.75) is 25.8 Å². The lowest BCUT2D eigenvalue weighted by Gasteiger charge is -2.35. The van der Waals surface area contributed by atoms with Crippen LogP contribution in [0, 0.1) is 0 Å². The third-order valence-corrected chi connectivity index (χ3v) is 8.37. The predicted molar refractivity (Wildman–Crippen MR) is 114 cm³/mol. The summed E-state index contributed by atoms with van der Waals surface area (Å²) in [4.78, 5) is 7.73. The Morgan fingerprint density at radius 2 is 1.93 bits per heavy atom. The average molecular weight is 440 g/mol. The first kappa shape index (κ1) is 19.6. The number of piperidine rings is 1. The molecular weight excluding hydrogens is 418 g/mol. The molecule has 3 heterocycles. The lowest BCUT2D eigenvalue weighted by atomic mass is 10.1. The molecule has 0 aliphatic carbocycles. The molecule has 1 aliphatic rings.